The highest BCUT2D eigenvalue weighted by Crippen LogP contribution is 2.25. The van der Waals surface area contributed by atoms with Gasteiger partial charge < -0.3 is 10.4 Å². The number of hydrogen-bond donors (Lipinski definition) is 2. The maximum absolute atomic E-state index is 12.8. The van der Waals surface area contributed by atoms with E-state index in [4.69, 9.17) is 0 Å². The second-order valence-corrected chi connectivity index (χ2v) is 7.72. The fraction of sp³-hybridized carbons (Fsp3) is 0.300. The minimum absolute atomic E-state index is 0.0187. The Hall–Kier alpha value is -2.87. The van der Waals surface area contributed by atoms with Crippen LogP contribution in [0.3, 0.4) is 0 Å². The normalized spacial score (nSPS) is 13.1. The summed E-state index contributed by atoms with van der Waals surface area (Å²) in [5, 5.41) is 24.5. The van der Waals surface area contributed by atoms with Gasteiger partial charge in [0.15, 0.2) is 0 Å². The van der Waals surface area contributed by atoms with Gasteiger partial charge in [-0.2, -0.15) is 4.68 Å². The average molecular weight is 398 g/mol. The number of phenols is 1. The molecule has 3 aromatic rings. The second-order valence-electron chi connectivity index (χ2n) is 6.41. The summed E-state index contributed by atoms with van der Waals surface area (Å²) in [5.41, 5.74) is 1.81. The molecule has 1 heterocycles. The molecule has 0 aliphatic heterocycles. The van der Waals surface area contributed by atoms with E-state index in [1.807, 2.05) is 37.3 Å². The molecule has 2 atom stereocenters. The summed E-state index contributed by atoms with van der Waals surface area (Å²) >= 11 is 1.29. The highest BCUT2D eigenvalue weighted by atomic mass is 32.2. The number of hydrogen-bond acceptors (Lipinski definition) is 6. The maximum atomic E-state index is 12.8. The van der Waals surface area contributed by atoms with Gasteiger partial charge in [0, 0.05) is 0 Å². The third-order valence-electron chi connectivity index (χ3n) is 4.28. The van der Waals surface area contributed by atoms with Crippen LogP contribution in [0, 0.1) is 0 Å². The number of tetrazole rings is 1. The number of amides is 1. The van der Waals surface area contributed by atoms with Gasteiger partial charge in [-0.05, 0) is 53.6 Å². The van der Waals surface area contributed by atoms with Crippen molar-refractivity contribution in [3.8, 4) is 11.4 Å². The molecule has 0 saturated heterocycles. The summed E-state index contributed by atoms with van der Waals surface area (Å²) in [6, 6.07) is 16.5. The molecule has 0 radical (unpaired) electrons. The number of benzene rings is 2. The van der Waals surface area contributed by atoms with Gasteiger partial charge in [-0.15, -0.1) is 5.10 Å². The summed E-state index contributed by atoms with van der Waals surface area (Å²) in [6.45, 7) is 3.94. The lowest BCUT2D eigenvalue weighted by atomic mass is 10.0. The number of carbonyl (C=O) groups is 1. The number of aromatic hydroxyl groups is 1. The van der Waals surface area contributed by atoms with Gasteiger partial charge in [0.25, 0.3) is 0 Å². The van der Waals surface area contributed by atoms with Gasteiger partial charge in [-0.25, -0.2) is 0 Å². The van der Waals surface area contributed by atoms with Crippen molar-refractivity contribution in [1.82, 2.24) is 25.5 Å². The van der Waals surface area contributed by atoms with Crippen LogP contribution in [0.15, 0.2) is 59.8 Å². The van der Waals surface area contributed by atoms with E-state index >= 15 is 0 Å². The smallest absolute Gasteiger partial charge is 0.233 e. The Balaban J connectivity index is 1.69. The standard InChI is InChI=1S/C20H23N5O2S/c1-3-7-18(15-8-5-4-6-9-15)21-19(27)14(2)28-20-22-23-24-25(20)16-10-12-17(26)13-11-16/h4-6,8-14,18,26H,3,7H2,1-2H3,(H,21,27)/t14-,18+/m1/s1. The van der Waals surface area contributed by atoms with Crippen molar-refractivity contribution in [2.75, 3.05) is 0 Å². The highest BCUT2D eigenvalue weighted by molar-refractivity contribution is 8.00. The van der Waals surface area contributed by atoms with Gasteiger partial charge in [-0.1, -0.05) is 55.4 Å². The number of nitrogens with one attached hydrogen (secondary N) is 1. The van der Waals surface area contributed by atoms with Crippen molar-refractivity contribution in [3.05, 3.63) is 60.2 Å². The number of carbonyl (C=O) groups excluding carboxylic acids is 1. The maximum Gasteiger partial charge on any atom is 0.233 e. The zero-order chi connectivity index (χ0) is 19.9. The molecule has 2 aromatic carbocycles. The van der Waals surface area contributed by atoms with Gasteiger partial charge in [0.05, 0.1) is 17.0 Å². The van der Waals surface area contributed by atoms with Crippen molar-refractivity contribution < 1.29 is 9.90 Å². The Morgan fingerprint density at radius 3 is 2.57 bits per heavy atom. The first-order valence-electron chi connectivity index (χ1n) is 9.18. The monoisotopic (exact) mass is 397 g/mol. The van der Waals surface area contributed by atoms with Crippen LogP contribution in [0.1, 0.15) is 38.3 Å². The van der Waals surface area contributed by atoms with E-state index in [-0.39, 0.29) is 22.9 Å². The van der Waals surface area contributed by atoms with Gasteiger partial charge in [-0.3, -0.25) is 4.79 Å². The molecule has 1 amide bonds. The van der Waals surface area contributed by atoms with E-state index in [0.29, 0.717) is 10.8 Å². The van der Waals surface area contributed by atoms with Crippen LogP contribution < -0.4 is 5.32 Å². The molecule has 8 heteroatoms. The average Bonchev–Trinajstić information content (AvgIpc) is 3.17. The Labute approximate surface area is 168 Å². The summed E-state index contributed by atoms with van der Waals surface area (Å²) in [5.74, 6) is 0.106. The Morgan fingerprint density at radius 2 is 1.89 bits per heavy atom. The first kappa shape index (κ1) is 19.9. The molecule has 1 aromatic heterocycles. The number of nitrogens with zero attached hydrogens (tertiary/aromatic N) is 4. The molecular formula is C20H23N5O2S. The molecule has 146 valence electrons. The third-order valence-corrected chi connectivity index (χ3v) is 5.32. The molecule has 0 aliphatic rings. The Kier molecular flexibility index (Phi) is 6.65. The van der Waals surface area contributed by atoms with Gasteiger partial charge >= 0.3 is 0 Å². The predicted octanol–water partition coefficient (Wildman–Crippen LogP) is 3.51. The molecule has 0 aliphatic carbocycles. The molecule has 2 N–H and O–H groups in total. The zero-order valence-corrected chi connectivity index (χ0v) is 16.6. The molecule has 0 unspecified atom stereocenters. The number of thioether (sulfide) groups is 1. The van der Waals surface area contributed by atoms with Crippen molar-refractivity contribution >= 4 is 17.7 Å². The van der Waals surface area contributed by atoms with E-state index in [0.717, 1.165) is 18.4 Å². The SMILES string of the molecule is CCC[C@H](NC(=O)[C@@H](C)Sc1nnnn1-c1ccc(O)cc1)c1ccccc1. The lowest BCUT2D eigenvalue weighted by molar-refractivity contribution is -0.121. The van der Waals surface area contributed by atoms with Crippen LogP contribution in [0.25, 0.3) is 5.69 Å². The van der Waals surface area contributed by atoms with Crippen LogP contribution in [0.2, 0.25) is 0 Å². The van der Waals surface area contributed by atoms with Crippen molar-refractivity contribution in [3.63, 3.8) is 0 Å². The first-order valence-corrected chi connectivity index (χ1v) is 10.1. The molecule has 0 saturated carbocycles. The van der Waals surface area contributed by atoms with Crippen LogP contribution in [-0.4, -0.2) is 36.5 Å². The van der Waals surface area contributed by atoms with Crippen LogP contribution >= 0.6 is 11.8 Å². The van der Waals surface area contributed by atoms with Gasteiger partial charge in [0.2, 0.25) is 11.1 Å². The fourth-order valence-corrected chi connectivity index (χ4v) is 3.62. The molecule has 3 rings (SSSR count). The van der Waals surface area contributed by atoms with Gasteiger partial charge in [0.1, 0.15) is 5.75 Å². The van der Waals surface area contributed by atoms with E-state index in [1.54, 1.807) is 28.9 Å². The molecule has 28 heavy (non-hydrogen) atoms. The number of rotatable bonds is 8. The fourth-order valence-electron chi connectivity index (χ4n) is 2.81. The van der Waals surface area contributed by atoms with Crippen LogP contribution in [0.4, 0.5) is 0 Å². The zero-order valence-electron chi connectivity index (χ0n) is 15.8. The largest absolute Gasteiger partial charge is 0.508 e. The van der Waals surface area contributed by atoms with Crippen molar-refractivity contribution in [1.29, 1.82) is 0 Å². The Morgan fingerprint density at radius 1 is 1.18 bits per heavy atom. The Bertz CT molecular complexity index is 898. The lowest BCUT2D eigenvalue weighted by Gasteiger charge is -2.21. The summed E-state index contributed by atoms with van der Waals surface area (Å²) in [7, 11) is 0. The molecular weight excluding hydrogens is 374 g/mol. The van der Waals surface area contributed by atoms with Crippen molar-refractivity contribution in [2.45, 2.75) is 43.1 Å². The summed E-state index contributed by atoms with van der Waals surface area (Å²) in [4.78, 5) is 12.8. The topological polar surface area (TPSA) is 92.9 Å². The highest BCUT2D eigenvalue weighted by Gasteiger charge is 2.22. The van der Waals surface area contributed by atoms with Crippen LogP contribution in [0.5, 0.6) is 5.75 Å². The van der Waals surface area contributed by atoms with E-state index in [2.05, 4.69) is 27.8 Å². The van der Waals surface area contributed by atoms with E-state index in [9.17, 15) is 9.90 Å². The molecule has 7 nitrogen and oxygen atoms in total. The summed E-state index contributed by atoms with van der Waals surface area (Å²) < 4.78 is 1.55. The minimum atomic E-state index is -0.370. The number of phenolic OH excluding ortho intramolecular Hbond substituents is 1. The molecule has 0 fully saturated rings. The number of aromatic nitrogens is 4. The van der Waals surface area contributed by atoms with E-state index in [1.165, 1.54) is 11.8 Å². The molecule has 0 spiro atoms. The molecule has 0 bridgehead atoms. The third kappa shape index (κ3) is 4.89. The van der Waals surface area contributed by atoms with Crippen molar-refractivity contribution in [2.24, 2.45) is 0 Å². The summed E-state index contributed by atoms with van der Waals surface area (Å²) in [6.07, 6.45) is 1.85. The van der Waals surface area contributed by atoms with Crippen LogP contribution in [-0.2, 0) is 4.79 Å². The minimum Gasteiger partial charge on any atom is -0.508 e. The lowest BCUT2D eigenvalue weighted by Crippen LogP contribution is -2.34. The van der Waals surface area contributed by atoms with E-state index < -0.39 is 0 Å². The predicted molar refractivity (Wildman–Crippen MR) is 108 cm³/mol. The first-order chi connectivity index (χ1) is 13.6. The quantitative estimate of drug-likeness (QED) is 0.565. The second kappa shape index (κ2) is 9.36.